The summed E-state index contributed by atoms with van der Waals surface area (Å²) in [5.41, 5.74) is 1.91. The van der Waals surface area contributed by atoms with Crippen LogP contribution < -0.4 is 16.0 Å². The molecule has 1 aromatic carbocycles. The summed E-state index contributed by atoms with van der Waals surface area (Å²) in [6, 6.07) is 8.09. The molecule has 0 bridgehead atoms. The predicted molar refractivity (Wildman–Crippen MR) is 126 cm³/mol. The highest BCUT2D eigenvalue weighted by Crippen LogP contribution is 2.11. The summed E-state index contributed by atoms with van der Waals surface area (Å²) >= 11 is 0. The molecule has 1 aromatic heterocycles. The number of ether oxygens (including phenoxy) is 1. The fourth-order valence-corrected chi connectivity index (χ4v) is 3.10. The number of aromatic nitrogens is 2. The SMILES string of the molecule is CCOC(=O)c1ccc(NC(=O)NCCN2CCN=C2Nc2cc(C)nc(C)n2)cc1.Cl. The molecule has 0 aliphatic carbocycles. The molecule has 0 radical (unpaired) electrons. The van der Waals surface area contributed by atoms with Crippen LogP contribution in [-0.4, -0.2) is 65.6 Å². The van der Waals surface area contributed by atoms with Crippen molar-refractivity contribution in [2.24, 2.45) is 4.99 Å². The Labute approximate surface area is 193 Å². The van der Waals surface area contributed by atoms with E-state index in [0.717, 1.165) is 18.2 Å². The highest BCUT2D eigenvalue weighted by molar-refractivity contribution is 5.94. The highest BCUT2D eigenvalue weighted by Gasteiger charge is 2.17. The lowest BCUT2D eigenvalue weighted by atomic mass is 10.2. The molecule has 0 atom stereocenters. The topological polar surface area (TPSA) is 121 Å². The van der Waals surface area contributed by atoms with Gasteiger partial charge in [0, 0.05) is 37.1 Å². The van der Waals surface area contributed by atoms with Gasteiger partial charge in [0.1, 0.15) is 11.6 Å². The number of carbonyl (C=O) groups is 2. The molecular formula is C21H28ClN7O3. The molecule has 0 saturated heterocycles. The first kappa shape index (κ1) is 24.9. The predicted octanol–water partition coefficient (Wildman–Crippen LogP) is 2.60. The summed E-state index contributed by atoms with van der Waals surface area (Å²) in [7, 11) is 0. The van der Waals surface area contributed by atoms with Gasteiger partial charge in [0.15, 0.2) is 5.96 Å². The van der Waals surface area contributed by atoms with Crippen LogP contribution >= 0.6 is 12.4 Å². The van der Waals surface area contributed by atoms with Crippen molar-refractivity contribution in [3.8, 4) is 0 Å². The Hall–Kier alpha value is -3.40. The maximum Gasteiger partial charge on any atom is 0.338 e. The summed E-state index contributed by atoms with van der Waals surface area (Å²) < 4.78 is 4.94. The Bertz CT molecular complexity index is 946. The average Bonchev–Trinajstić information content (AvgIpc) is 3.15. The highest BCUT2D eigenvalue weighted by atomic mass is 35.5. The Morgan fingerprint density at radius 2 is 1.91 bits per heavy atom. The molecule has 10 nitrogen and oxygen atoms in total. The van der Waals surface area contributed by atoms with Gasteiger partial charge in [-0.05, 0) is 45.0 Å². The van der Waals surface area contributed by atoms with Gasteiger partial charge < -0.3 is 25.6 Å². The van der Waals surface area contributed by atoms with Crippen molar-refractivity contribution in [1.29, 1.82) is 0 Å². The van der Waals surface area contributed by atoms with Gasteiger partial charge >= 0.3 is 12.0 Å². The third-order valence-electron chi connectivity index (χ3n) is 4.46. The number of hydrogen-bond acceptors (Lipinski definition) is 8. The van der Waals surface area contributed by atoms with Crippen LogP contribution in [0.4, 0.5) is 16.3 Å². The van der Waals surface area contributed by atoms with Gasteiger partial charge in [0.05, 0.1) is 18.7 Å². The van der Waals surface area contributed by atoms with Crippen molar-refractivity contribution in [2.45, 2.75) is 20.8 Å². The van der Waals surface area contributed by atoms with E-state index < -0.39 is 0 Å². The minimum Gasteiger partial charge on any atom is -0.462 e. The lowest BCUT2D eigenvalue weighted by Crippen LogP contribution is -2.40. The van der Waals surface area contributed by atoms with Crippen LogP contribution in [0.5, 0.6) is 0 Å². The van der Waals surface area contributed by atoms with Gasteiger partial charge in [-0.25, -0.2) is 19.6 Å². The number of aliphatic imine (C=N–C) groups is 1. The zero-order valence-corrected chi connectivity index (χ0v) is 19.2. The second kappa shape index (κ2) is 11.8. The number of esters is 1. The molecule has 1 aliphatic rings. The van der Waals surface area contributed by atoms with E-state index in [-0.39, 0.29) is 24.4 Å². The van der Waals surface area contributed by atoms with Gasteiger partial charge in [-0.15, -0.1) is 12.4 Å². The zero-order valence-electron chi connectivity index (χ0n) is 18.3. The van der Waals surface area contributed by atoms with E-state index >= 15 is 0 Å². The number of guanidine groups is 1. The summed E-state index contributed by atoms with van der Waals surface area (Å²) in [5.74, 6) is 1.74. The third-order valence-corrected chi connectivity index (χ3v) is 4.46. The first-order valence-electron chi connectivity index (χ1n) is 10.2. The Balaban J connectivity index is 0.00000363. The molecular weight excluding hydrogens is 434 g/mol. The van der Waals surface area contributed by atoms with Gasteiger partial charge in [-0.1, -0.05) is 0 Å². The van der Waals surface area contributed by atoms with Crippen LogP contribution in [0.15, 0.2) is 35.3 Å². The van der Waals surface area contributed by atoms with Crippen LogP contribution in [0.3, 0.4) is 0 Å². The minimum absolute atomic E-state index is 0. The number of benzene rings is 1. The first-order chi connectivity index (χ1) is 14.9. The number of urea groups is 1. The van der Waals surface area contributed by atoms with Crippen molar-refractivity contribution in [3.63, 3.8) is 0 Å². The van der Waals surface area contributed by atoms with E-state index in [9.17, 15) is 9.59 Å². The van der Waals surface area contributed by atoms with Gasteiger partial charge in [-0.3, -0.25) is 4.99 Å². The number of rotatable bonds is 7. The number of aryl methyl sites for hydroxylation is 2. The molecule has 172 valence electrons. The minimum atomic E-state index is -0.387. The number of amides is 2. The Morgan fingerprint density at radius 3 is 2.59 bits per heavy atom. The molecule has 3 N–H and O–H groups in total. The molecule has 2 aromatic rings. The molecule has 1 aliphatic heterocycles. The molecule has 32 heavy (non-hydrogen) atoms. The fourth-order valence-electron chi connectivity index (χ4n) is 3.10. The molecule has 2 amide bonds. The zero-order chi connectivity index (χ0) is 22.2. The number of hydrogen-bond donors (Lipinski definition) is 3. The van der Waals surface area contributed by atoms with Crippen LogP contribution in [0, 0.1) is 13.8 Å². The summed E-state index contributed by atoms with van der Waals surface area (Å²) in [5, 5.41) is 8.80. The number of carbonyl (C=O) groups excluding carboxylic acids is 2. The van der Waals surface area contributed by atoms with Crippen molar-refractivity contribution in [2.75, 3.05) is 43.4 Å². The van der Waals surface area contributed by atoms with Crippen LogP contribution in [-0.2, 0) is 4.74 Å². The van der Waals surface area contributed by atoms with Gasteiger partial charge in [0.2, 0.25) is 0 Å². The maximum atomic E-state index is 12.2. The molecule has 11 heteroatoms. The summed E-state index contributed by atoms with van der Waals surface area (Å²) in [6.45, 7) is 8.33. The molecule has 2 heterocycles. The number of nitrogens with zero attached hydrogens (tertiary/aromatic N) is 4. The fraction of sp³-hybridized carbons (Fsp3) is 0.381. The van der Waals surface area contributed by atoms with Crippen molar-refractivity contribution in [1.82, 2.24) is 20.2 Å². The normalized spacial score (nSPS) is 12.5. The maximum absolute atomic E-state index is 12.2. The van der Waals surface area contributed by atoms with Gasteiger partial charge in [0.25, 0.3) is 0 Å². The lowest BCUT2D eigenvalue weighted by molar-refractivity contribution is 0.0526. The monoisotopic (exact) mass is 461 g/mol. The Morgan fingerprint density at radius 1 is 1.16 bits per heavy atom. The molecule has 0 fully saturated rings. The number of halogens is 1. The molecule has 0 unspecified atom stereocenters. The van der Waals surface area contributed by atoms with Crippen LogP contribution in [0.2, 0.25) is 0 Å². The molecule has 0 saturated carbocycles. The van der Waals surface area contributed by atoms with Crippen LogP contribution in [0.25, 0.3) is 0 Å². The third kappa shape index (κ3) is 7.09. The van der Waals surface area contributed by atoms with E-state index in [4.69, 9.17) is 4.74 Å². The van der Waals surface area contributed by atoms with E-state index in [1.54, 1.807) is 31.2 Å². The van der Waals surface area contributed by atoms with Crippen molar-refractivity contribution in [3.05, 3.63) is 47.4 Å². The lowest BCUT2D eigenvalue weighted by Gasteiger charge is -2.21. The van der Waals surface area contributed by atoms with E-state index in [1.807, 2.05) is 19.9 Å². The summed E-state index contributed by atoms with van der Waals surface area (Å²) in [4.78, 5) is 39.0. The standard InChI is InChI=1S/C21H27N7O3.ClH/c1-4-31-19(29)16-5-7-17(8-6-16)26-21(30)23-10-12-28-11-9-22-20(28)27-18-13-14(2)24-15(3)25-18;/h5-8,13H,4,9-12H2,1-3H3,(H2,23,26,30)(H,22,24,25,27);1H. The van der Waals surface area contributed by atoms with E-state index in [2.05, 4.69) is 35.8 Å². The summed E-state index contributed by atoms with van der Waals surface area (Å²) in [6.07, 6.45) is 0. The largest absolute Gasteiger partial charge is 0.462 e. The number of anilines is 2. The molecule has 3 rings (SSSR count). The average molecular weight is 462 g/mol. The Kier molecular flexibility index (Phi) is 9.21. The molecule has 0 spiro atoms. The second-order valence-electron chi connectivity index (χ2n) is 6.94. The quantitative estimate of drug-likeness (QED) is 0.542. The smallest absolute Gasteiger partial charge is 0.338 e. The van der Waals surface area contributed by atoms with Gasteiger partial charge in [-0.2, -0.15) is 0 Å². The van der Waals surface area contributed by atoms with E-state index in [1.165, 1.54) is 0 Å². The van der Waals surface area contributed by atoms with Crippen LogP contribution in [0.1, 0.15) is 28.8 Å². The van der Waals surface area contributed by atoms with Crippen molar-refractivity contribution >= 4 is 41.9 Å². The number of nitrogens with one attached hydrogen (secondary N) is 3. The first-order valence-corrected chi connectivity index (χ1v) is 10.2. The van der Waals surface area contributed by atoms with Crippen molar-refractivity contribution < 1.29 is 14.3 Å². The van der Waals surface area contributed by atoms with E-state index in [0.29, 0.717) is 49.1 Å². The second-order valence-corrected chi connectivity index (χ2v) is 6.94.